The number of ether oxygens (including phenoxy) is 3. The average molecular weight is 504 g/mol. The zero-order chi connectivity index (χ0) is 23.4. The van der Waals surface area contributed by atoms with Crippen molar-refractivity contribution in [2.45, 2.75) is 17.5 Å². The monoisotopic (exact) mass is 503 g/mol. The highest BCUT2D eigenvalue weighted by atomic mass is 35.5. The fourth-order valence-electron chi connectivity index (χ4n) is 3.12. The number of anilines is 1. The van der Waals surface area contributed by atoms with E-state index >= 15 is 0 Å². The smallest absolute Gasteiger partial charge is 0.302 e. The number of halogens is 1. The molecule has 10 heteroatoms. The van der Waals surface area contributed by atoms with Crippen LogP contribution in [0.1, 0.15) is 11.1 Å². The van der Waals surface area contributed by atoms with E-state index in [1.165, 1.54) is 11.3 Å². The molecular formula is C23H22ClN3O4S2. The summed E-state index contributed by atoms with van der Waals surface area (Å²) in [4.78, 5) is 8.77. The summed E-state index contributed by atoms with van der Waals surface area (Å²) >= 11 is 6.79. The van der Waals surface area contributed by atoms with Crippen molar-refractivity contribution in [2.24, 2.45) is 0 Å². The quantitative estimate of drug-likeness (QED) is 0.310. The van der Waals surface area contributed by atoms with Crippen molar-refractivity contribution < 1.29 is 18.8 Å². The van der Waals surface area contributed by atoms with Gasteiger partial charge in [-0.05, 0) is 23.8 Å². The molecule has 0 saturated heterocycles. The number of rotatable bonds is 9. The molecule has 0 aliphatic heterocycles. The Morgan fingerprint density at radius 2 is 1.88 bits per heavy atom. The molecule has 7 nitrogen and oxygen atoms in total. The van der Waals surface area contributed by atoms with Crippen LogP contribution in [0.3, 0.4) is 0 Å². The first kappa shape index (κ1) is 23.4. The van der Waals surface area contributed by atoms with Gasteiger partial charge < -0.3 is 24.1 Å². The van der Waals surface area contributed by atoms with Crippen LogP contribution in [0.15, 0.2) is 53.0 Å². The van der Waals surface area contributed by atoms with Gasteiger partial charge in [-0.2, -0.15) is 4.98 Å². The molecule has 1 N–H and O–H groups in total. The molecule has 2 aromatic carbocycles. The van der Waals surface area contributed by atoms with Crippen LogP contribution in [0.5, 0.6) is 17.2 Å². The number of nitrogens with zero attached hydrogens (tertiary/aromatic N) is 2. The Labute approximate surface area is 203 Å². The fraction of sp³-hybridized carbons (Fsp3) is 0.217. The van der Waals surface area contributed by atoms with Crippen molar-refractivity contribution >= 4 is 50.1 Å². The van der Waals surface area contributed by atoms with Crippen LogP contribution in [0.2, 0.25) is 5.02 Å². The summed E-state index contributed by atoms with van der Waals surface area (Å²) in [6, 6.07) is 13.2. The van der Waals surface area contributed by atoms with Gasteiger partial charge in [0.05, 0.1) is 23.9 Å². The molecule has 0 bridgehead atoms. The number of hydrogen-bond acceptors (Lipinski definition) is 8. The van der Waals surface area contributed by atoms with E-state index in [-0.39, 0.29) is 6.61 Å². The Morgan fingerprint density at radius 1 is 1.09 bits per heavy atom. The Bertz CT molecular complexity index is 1250. The van der Waals surface area contributed by atoms with Crippen LogP contribution in [-0.4, -0.2) is 35.0 Å². The molecule has 33 heavy (non-hydrogen) atoms. The number of fused-ring (bicyclic) bond motifs is 1. The maximum atomic E-state index is 11.8. The van der Waals surface area contributed by atoms with E-state index in [1.807, 2.05) is 36.4 Å². The number of pyridine rings is 1. The number of methoxy groups -OCH3 is 2. The van der Waals surface area contributed by atoms with Crippen LogP contribution in [0.25, 0.3) is 10.2 Å². The Hall–Kier alpha value is -2.72. The molecule has 1 atom stereocenters. The summed E-state index contributed by atoms with van der Waals surface area (Å²) < 4.78 is 29.8. The molecule has 0 amide bonds. The molecule has 4 rings (SSSR count). The number of benzene rings is 2. The topological polar surface area (TPSA) is 88.6 Å². The molecule has 172 valence electrons. The fourth-order valence-corrected chi connectivity index (χ4v) is 5.06. The van der Waals surface area contributed by atoms with Crippen molar-refractivity contribution in [2.75, 3.05) is 25.8 Å². The SMILES string of the molecule is COc1ccc(CNc2nccc(COc3cc(OC)c4nc([S+](C)[O-])sc4c3)c2Cl)cc1. The molecule has 0 radical (unpaired) electrons. The van der Waals surface area contributed by atoms with E-state index < -0.39 is 11.2 Å². The normalized spacial score (nSPS) is 11.9. The lowest BCUT2D eigenvalue weighted by Crippen LogP contribution is -2.05. The second-order valence-electron chi connectivity index (χ2n) is 7.03. The molecule has 0 aliphatic rings. The van der Waals surface area contributed by atoms with Gasteiger partial charge in [-0.15, -0.1) is 0 Å². The first-order valence-electron chi connectivity index (χ1n) is 9.93. The second kappa shape index (κ2) is 10.5. The average Bonchev–Trinajstić information content (AvgIpc) is 3.27. The zero-order valence-corrected chi connectivity index (χ0v) is 20.6. The summed E-state index contributed by atoms with van der Waals surface area (Å²) in [7, 11) is 3.21. The molecule has 2 aromatic heterocycles. The lowest BCUT2D eigenvalue weighted by Gasteiger charge is -2.13. The highest BCUT2D eigenvalue weighted by Crippen LogP contribution is 2.36. The highest BCUT2D eigenvalue weighted by molar-refractivity contribution is 7.92. The third-order valence-corrected chi connectivity index (χ3v) is 7.62. The Balaban J connectivity index is 1.47. The number of nitrogens with one attached hydrogen (secondary N) is 1. The van der Waals surface area contributed by atoms with Crippen molar-refractivity contribution in [1.29, 1.82) is 0 Å². The number of hydrogen-bond donors (Lipinski definition) is 1. The molecular weight excluding hydrogens is 482 g/mol. The van der Waals surface area contributed by atoms with E-state index in [1.54, 1.807) is 32.7 Å². The van der Waals surface area contributed by atoms with Crippen LogP contribution < -0.4 is 19.5 Å². The minimum atomic E-state index is -1.16. The van der Waals surface area contributed by atoms with Crippen molar-refractivity contribution in [3.8, 4) is 17.2 Å². The largest absolute Gasteiger partial charge is 0.610 e. The van der Waals surface area contributed by atoms with Crippen molar-refractivity contribution in [3.63, 3.8) is 0 Å². The van der Waals surface area contributed by atoms with Crippen molar-refractivity contribution in [3.05, 3.63) is 64.8 Å². The zero-order valence-electron chi connectivity index (χ0n) is 18.3. The van der Waals surface area contributed by atoms with Crippen molar-refractivity contribution in [1.82, 2.24) is 9.97 Å². The maximum absolute atomic E-state index is 11.8. The van der Waals surface area contributed by atoms with E-state index in [9.17, 15) is 4.55 Å². The van der Waals surface area contributed by atoms with Gasteiger partial charge in [-0.3, -0.25) is 0 Å². The van der Waals surface area contributed by atoms with Crippen LogP contribution in [-0.2, 0) is 24.3 Å². The third kappa shape index (κ3) is 5.44. The molecule has 4 aromatic rings. The Morgan fingerprint density at radius 3 is 2.58 bits per heavy atom. The van der Waals surface area contributed by atoms with Crippen LogP contribution >= 0.6 is 22.9 Å². The summed E-state index contributed by atoms with van der Waals surface area (Å²) in [5.74, 6) is 2.57. The Kier molecular flexibility index (Phi) is 7.44. The third-order valence-electron chi connectivity index (χ3n) is 4.86. The van der Waals surface area contributed by atoms with Gasteiger partial charge in [-0.25, -0.2) is 4.98 Å². The molecule has 1 unspecified atom stereocenters. The summed E-state index contributed by atoms with van der Waals surface area (Å²) in [6.45, 7) is 0.819. The lowest BCUT2D eigenvalue weighted by molar-refractivity contribution is 0.304. The van der Waals surface area contributed by atoms with Gasteiger partial charge >= 0.3 is 4.34 Å². The molecule has 2 heterocycles. The minimum absolute atomic E-state index is 0.249. The standard InChI is InChI=1S/C23H22ClN3O4S2/c1-29-16-6-4-14(5-7-16)12-26-22-20(24)15(8-9-25-22)13-31-17-10-18(30-2)21-19(11-17)32-23(27-21)33(3)28/h4-11H,12-13H2,1-3H3,(H,25,26). The van der Waals surface area contributed by atoms with E-state index in [2.05, 4.69) is 15.3 Å². The molecule has 0 fully saturated rings. The first-order chi connectivity index (χ1) is 16.0. The first-order valence-corrected chi connectivity index (χ1v) is 12.7. The van der Waals surface area contributed by atoms with Gasteiger partial charge in [0.1, 0.15) is 41.4 Å². The van der Waals surface area contributed by atoms with Gasteiger partial charge in [0.25, 0.3) is 0 Å². The predicted octanol–water partition coefficient (Wildman–Crippen LogP) is 5.29. The van der Waals surface area contributed by atoms with Gasteiger partial charge in [-0.1, -0.05) is 35.1 Å². The van der Waals surface area contributed by atoms with Gasteiger partial charge in [0, 0.05) is 41.6 Å². The van der Waals surface area contributed by atoms with E-state index in [0.29, 0.717) is 38.7 Å². The summed E-state index contributed by atoms with van der Waals surface area (Å²) in [6.07, 6.45) is 3.30. The van der Waals surface area contributed by atoms with Gasteiger partial charge in [0.2, 0.25) is 0 Å². The van der Waals surface area contributed by atoms with Crippen LogP contribution in [0.4, 0.5) is 5.82 Å². The number of thiazole rings is 1. The summed E-state index contributed by atoms with van der Waals surface area (Å²) in [5.41, 5.74) is 2.54. The highest BCUT2D eigenvalue weighted by Gasteiger charge is 2.17. The second-order valence-corrected chi connectivity index (χ2v) is 9.99. The summed E-state index contributed by atoms with van der Waals surface area (Å²) in [5, 5.41) is 3.77. The molecule has 0 aliphatic carbocycles. The van der Waals surface area contributed by atoms with Crippen LogP contribution in [0, 0.1) is 0 Å². The van der Waals surface area contributed by atoms with E-state index in [4.69, 9.17) is 25.8 Å². The van der Waals surface area contributed by atoms with Gasteiger partial charge in [0.15, 0.2) is 0 Å². The molecule has 0 saturated carbocycles. The molecule has 0 spiro atoms. The van der Waals surface area contributed by atoms with E-state index in [0.717, 1.165) is 21.6 Å². The maximum Gasteiger partial charge on any atom is 0.302 e. The lowest BCUT2D eigenvalue weighted by atomic mass is 10.2. The number of aromatic nitrogens is 2. The predicted molar refractivity (Wildman–Crippen MR) is 132 cm³/mol. The minimum Gasteiger partial charge on any atom is -0.610 e.